The third-order valence-electron chi connectivity index (χ3n) is 4.35. The number of nitrogens with zero attached hydrogens (tertiary/aromatic N) is 1. The van der Waals surface area contributed by atoms with Gasteiger partial charge in [0.2, 0.25) is 0 Å². The lowest BCUT2D eigenvalue weighted by atomic mass is 9.89. The first-order valence-electron chi connectivity index (χ1n) is 9.17. The predicted molar refractivity (Wildman–Crippen MR) is 109 cm³/mol. The number of nitrogens with one attached hydrogen (secondary N) is 1. The highest BCUT2D eigenvalue weighted by atomic mass is 16.6. The molecule has 1 heterocycles. The molecule has 30 heavy (non-hydrogen) atoms. The highest BCUT2D eigenvalue weighted by molar-refractivity contribution is 5.89. The average molecular weight is 414 g/mol. The number of carbonyl (C=O) groups is 2. The van der Waals surface area contributed by atoms with Crippen LogP contribution in [0.15, 0.2) is 66.7 Å². The Balaban J connectivity index is 0.000000343. The van der Waals surface area contributed by atoms with Gasteiger partial charge in [-0.2, -0.15) is 0 Å². The number of ether oxygens (including phenoxy) is 1. The van der Waals surface area contributed by atoms with Crippen molar-refractivity contribution in [3.63, 3.8) is 0 Å². The largest absolute Gasteiger partial charge is 0.490 e. The Morgan fingerprint density at radius 2 is 1.63 bits per heavy atom. The molecule has 1 saturated heterocycles. The SMILES string of the molecule is O=C(O)/C=C\C(=O)O.O=[N+]([O-])c1ccc(O[C@@H]2CCNC[C@H]2c2ccccc2)cc1. The van der Waals surface area contributed by atoms with Crippen molar-refractivity contribution >= 4 is 17.6 Å². The lowest BCUT2D eigenvalue weighted by Crippen LogP contribution is -2.41. The second kappa shape index (κ2) is 11.3. The van der Waals surface area contributed by atoms with Crippen LogP contribution in [0, 0.1) is 10.1 Å². The molecule has 9 nitrogen and oxygen atoms in total. The first-order chi connectivity index (χ1) is 14.4. The Hall–Kier alpha value is -3.72. The van der Waals surface area contributed by atoms with Gasteiger partial charge in [-0.25, -0.2) is 9.59 Å². The van der Waals surface area contributed by atoms with Crippen LogP contribution in [0.3, 0.4) is 0 Å². The van der Waals surface area contributed by atoms with Gasteiger partial charge in [0, 0.05) is 36.7 Å². The van der Waals surface area contributed by atoms with Gasteiger partial charge in [0.05, 0.1) is 4.92 Å². The fourth-order valence-corrected chi connectivity index (χ4v) is 2.97. The van der Waals surface area contributed by atoms with Crippen LogP contribution in [0.5, 0.6) is 5.75 Å². The Kier molecular flexibility index (Phi) is 8.52. The molecule has 0 bridgehead atoms. The van der Waals surface area contributed by atoms with E-state index in [0.717, 1.165) is 19.5 Å². The van der Waals surface area contributed by atoms with Crippen LogP contribution in [0.1, 0.15) is 17.9 Å². The maximum absolute atomic E-state index is 10.7. The summed E-state index contributed by atoms with van der Waals surface area (Å²) >= 11 is 0. The first-order valence-corrected chi connectivity index (χ1v) is 9.17. The van der Waals surface area contributed by atoms with Gasteiger partial charge in [0.25, 0.3) is 5.69 Å². The molecule has 0 radical (unpaired) electrons. The summed E-state index contributed by atoms with van der Waals surface area (Å²) in [5.41, 5.74) is 1.33. The van der Waals surface area contributed by atoms with Crippen molar-refractivity contribution in [3.05, 3.63) is 82.4 Å². The van der Waals surface area contributed by atoms with Crippen molar-refractivity contribution in [2.75, 3.05) is 13.1 Å². The van der Waals surface area contributed by atoms with Crippen molar-refractivity contribution < 1.29 is 29.5 Å². The number of hydrogen-bond acceptors (Lipinski definition) is 6. The van der Waals surface area contributed by atoms with E-state index in [-0.39, 0.29) is 17.7 Å². The molecular formula is C21H22N2O7. The van der Waals surface area contributed by atoms with Gasteiger partial charge < -0.3 is 20.3 Å². The number of nitro benzene ring substituents is 1. The van der Waals surface area contributed by atoms with Gasteiger partial charge in [0.15, 0.2) is 0 Å². The van der Waals surface area contributed by atoms with Crippen LogP contribution in [0.25, 0.3) is 0 Å². The van der Waals surface area contributed by atoms with Crippen molar-refractivity contribution in [2.45, 2.75) is 18.4 Å². The molecule has 0 amide bonds. The Bertz CT molecular complexity index is 866. The molecule has 9 heteroatoms. The van der Waals surface area contributed by atoms with Gasteiger partial charge >= 0.3 is 11.9 Å². The number of rotatable bonds is 6. The van der Waals surface area contributed by atoms with Gasteiger partial charge in [-0.05, 0) is 30.7 Å². The van der Waals surface area contributed by atoms with Crippen LogP contribution in [-0.4, -0.2) is 46.3 Å². The highest BCUT2D eigenvalue weighted by Gasteiger charge is 2.28. The van der Waals surface area contributed by atoms with E-state index < -0.39 is 16.9 Å². The van der Waals surface area contributed by atoms with Crippen molar-refractivity contribution in [1.29, 1.82) is 0 Å². The van der Waals surface area contributed by atoms with E-state index >= 15 is 0 Å². The number of nitro groups is 1. The van der Waals surface area contributed by atoms with Crippen molar-refractivity contribution in [3.8, 4) is 5.75 Å². The van der Waals surface area contributed by atoms with Gasteiger partial charge in [-0.1, -0.05) is 30.3 Å². The number of piperidine rings is 1. The molecule has 0 saturated carbocycles. The number of carboxylic acid groups (broad SMARTS) is 2. The summed E-state index contributed by atoms with van der Waals surface area (Å²) in [6.45, 7) is 1.79. The van der Waals surface area contributed by atoms with Gasteiger partial charge in [-0.3, -0.25) is 10.1 Å². The molecular weight excluding hydrogens is 392 g/mol. The summed E-state index contributed by atoms with van der Waals surface area (Å²) in [4.78, 5) is 29.4. The predicted octanol–water partition coefficient (Wildman–Crippen LogP) is 2.83. The molecule has 2 aromatic rings. The third kappa shape index (κ3) is 7.36. The van der Waals surface area contributed by atoms with E-state index in [9.17, 15) is 19.7 Å². The van der Waals surface area contributed by atoms with E-state index in [0.29, 0.717) is 17.9 Å². The minimum Gasteiger partial charge on any atom is -0.490 e. The molecule has 2 atom stereocenters. The Labute approximate surface area is 172 Å². The van der Waals surface area contributed by atoms with Crippen LogP contribution in [0.2, 0.25) is 0 Å². The lowest BCUT2D eigenvalue weighted by molar-refractivity contribution is -0.384. The van der Waals surface area contributed by atoms with Crippen LogP contribution < -0.4 is 10.1 Å². The number of aliphatic carboxylic acids is 2. The van der Waals surface area contributed by atoms with Crippen molar-refractivity contribution in [2.24, 2.45) is 0 Å². The summed E-state index contributed by atoms with van der Waals surface area (Å²) in [5.74, 6) is -1.55. The topological polar surface area (TPSA) is 139 Å². The minimum atomic E-state index is -1.26. The Morgan fingerprint density at radius 1 is 1.03 bits per heavy atom. The average Bonchev–Trinajstić information content (AvgIpc) is 2.74. The van der Waals surface area contributed by atoms with Crippen LogP contribution in [-0.2, 0) is 9.59 Å². The second-order valence-corrected chi connectivity index (χ2v) is 6.43. The molecule has 0 aliphatic carbocycles. The van der Waals surface area contributed by atoms with E-state index in [4.69, 9.17) is 14.9 Å². The van der Waals surface area contributed by atoms with E-state index in [1.54, 1.807) is 12.1 Å². The summed E-state index contributed by atoms with van der Waals surface area (Å²) in [6.07, 6.45) is 2.10. The standard InChI is InChI=1S/C17H18N2O3.C4H4O4/c20-19(21)14-6-8-15(9-7-14)22-17-10-11-18-12-16(17)13-4-2-1-3-5-13;5-3(6)1-2-4(7)8/h1-9,16-18H,10-12H2;1-2H,(H,5,6)(H,7,8)/b;2-1-/t16-,17+;/m0./s1. The molecule has 0 unspecified atom stereocenters. The monoisotopic (exact) mass is 414 g/mol. The summed E-state index contributed by atoms with van der Waals surface area (Å²) in [7, 11) is 0. The van der Waals surface area contributed by atoms with E-state index in [1.807, 2.05) is 18.2 Å². The van der Waals surface area contributed by atoms with Gasteiger partial charge in [-0.15, -0.1) is 0 Å². The molecule has 1 fully saturated rings. The van der Waals surface area contributed by atoms with Gasteiger partial charge in [0.1, 0.15) is 11.9 Å². The minimum absolute atomic E-state index is 0.0742. The molecule has 3 rings (SSSR count). The maximum atomic E-state index is 10.7. The molecule has 2 aromatic carbocycles. The molecule has 0 spiro atoms. The molecule has 3 N–H and O–H groups in total. The summed E-state index contributed by atoms with van der Waals surface area (Å²) in [5, 5.41) is 29.7. The normalized spacial score (nSPS) is 18.1. The number of carboxylic acids is 2. The van der Waals surface area contributed by atoms with E-state index in [2.05, 4.69) is 17.4 Å². The van der Waals surface area contributed by atoms with E-state index in [1.165, 1.54) is 17.7 Å². The number of non-ortho nitro benzene ring substituents is 1. The first kappa shape index (κ1) is 22.6. The highest BCUT2D eigenvalue weighted by Crippen LogP contribution is 2.28. The fourth-order valence-electron chi connectivity index (χ4n) is 2.97. The Morgan fingerprint density at radius 3 is 2.17 bits per heavy atom. The zero-order chi connectivity index (χ0) is 21.9. The lowest BCUT2D eigenvalue weighted by Gasteiger charge is -2.32. The number of hydrogen-bond donors (Lipinski definition) is 3. The van der Waals surface area contributed by atoms with Crippen molar-refractivity contribution in [1.82, 2.24) is 5.32 Å². The molecule has 1 aliphatic heterocycles. The second-order valence-electron chi connectivity index (χ2n) is 6.43. The molecule has 158 valence electrons. The smallest absolute Gasteiger partial charge is 0.328 e. The molecule has 0 aromatic heterocycles. The van der Waals surface area contributed by atoms with Crippen LogP contribution in [0.4, 0.5) is 5.69 Å². The zero-order valence-corrected chi connectivity index (χ0v) is 16.0. The maximum Gasteiger partial charge on any atom is 0.328 e. The quantitative estimate of drug-likeness (QED) is 0.372. The number of benzene rings is 2. The zero-order valence-electron chi connectivity index (χ0n) is 16.0. The fraction of sp³-hybridized carbons (Fsp3) is 0.238. The summed E-state index contributed by atoms with van der Waals surface area (Å²) in [6, 6.07) is 16.6. The summed E-state index contributed by atoms with van der Waals surface area (Å²) < 4.78 is 6.09. The molecule has 1 aliphatic rings. The van der Waals surface area contributed by atoms with Crippen LogP contribution >= 0.6 is 0 Å². The third-order valence-corrected chi connectivity index (χ3v) is 4.35.